The molecule has 0 atom stereocenters. The number of ether oxygens (including phenoxy) is 1. The van der Waals surface area contributed by atoms with E-state index in [4.69, 9.17) is 4.74 Å². The van der Waals surface area contributed by atoms with E-state index in [0.717, 1.165) is 31.7 Å². The Balaban J connectivity index is 1.94. The first-order valence-corrected chi connectivity index (χ1v) is 9.23. The molecular weight excluding hydrogens is 346 g/mol. The zero-order valence-corrected chi connectivity index (χ0v) is 16.0. The van der Waals surface area contributed by atoms with E-state index in [1.54, 1.807) is 25.3 Å². The summed E-state index contributed by atoms with van der Waals surface area (Å²) in [5.41, 5.74) is 1.13. The van der Waals surface area contributed by atoms with Gasteiger partial charge in [-0.2, -0.15) is 0 Å². The Morgan fingerprint density at radius 3 is 2.59 bits per heavy atom. The van der Waals surface area contributed by atoms with Crippen LogP contribution in [0.5, 0.6) is 0 Å². The zero-order chi connectivity index (χ0) is 19.4. The standard InChI is InChI=1S/C19H25N5O3/c1-4-23-13-16(19(26)27-5-2)18(25)15-7-6-14(12-17(15)23)20-21-24-10-8-22(3)9-11-24/h6-7,12-13H,4-5,8-11H2,1-3H3. The van der Waals surface area contributed by atoms with Gasteiger partial charge in [-0.15, -0.1) is 5.11 Å². The van der Waals surface area contributed by atoms with Gasteiger partial charge in [0.25, 0.3) is 0 Å². The summed E-state index contributed by atoms with van der Waals surface area (Å²) >= 11 is 0. The van der Waals surface area contributed by atoms with E-state index in [9.17, 15) is 9.59 Å². The highest BCUT2D eigenvalue weighted by Gasteiger charge is 2.16. The summed E-state index contributed by atoms with van der Waals surface area (Å²) in [5.74, 6) is -0.592. The van der Waals surface area contributed by atoms with Gasteiger partial charge in [0.1, 0.15) is 5.56 Å². The molecule has 0 saturated carbocycles. The first-order chi connectivity index (χ1) is 13.0. The van der Waals surface area contributed by atoms with Gasteiger partial charge >= 0.3 is 5.97 Å². The number of aromatic nitrogens is 1. The minimum absolute atomic E-state index is 0.0537. The van der Waals surface area contributed by atoms with Crippen LogP contribution in [0.2, 0.25) is 0 Å². The van der Waals surface area contributed by atoms with Crippen LogP contribution in [0.25, 0.3) is 10.9 Å². The van der Waals surface area contributed by atoms with Crippen molar-refractivity contribution in [2.75, 3.05) is 39.8 Å². The lowest BCUT2D eigenvalue weighted by molar-refractivity contribution is 0.0524. The van der Waals surface area contributed by atoms with Crippen molar-refractivity contribution in [2.45, 2.75) is 20.4 Å². The molecule has 0 N–H and O–H groups in total. The lowest BCUT2D eigenvalue weighted by Gasteiger charge is -2.29. The second-order valence-corrected chi connectivity index (χ2v) is 6.53. The van der Waals surface area contributed by atoms with Crippen LogP contribution in [0, 0.1) is 0 Å². The van der Waals surface area contributed by atoms with E-state index in [2.05, 4.69) is 22.3 Å². The monoisotopic (exact) mass is 371 g/mol. The maximum Gasteiger partial charge on any atom is 0.343 e. The largest absolute Gasteiger partial charge is 0.462 e. The van der Waals surface area contributed by atoms with E-state index >= 15 is 0 Å². The van der Waals surface area contributed by atoms with Crippen LogP contribution in [0.3, 0.4) is 0 Å². The van der Waals surface area contributed by atoms with Crippen molar-refractivity contribution in [3.63, 3.8) is 0 Å². The third kappa shape index (κ3) is 4.16. The number of rotatable bonds is 5. The van der Waals surface area contributed by atoms with E-state index in [0.29, 0.717) is 17.6 Å². The fraction of sp³-hybridized carbons (Fsp3) is 0.474. The van der Waals surface area contributed by atoms with Crippen molar-refractivity contribution in [2.24, 2.45) is 10.3 Å². The number of carbonyl (C=O) groups excluding carboxylic acids is 1. The van der Waals surface area contributed by atoms with Gasteiger partial charge < -0.3 is 14.2 Å². The summed E-state index contributed by atoms with van der Waals surface area (Å²) in [6, 6.07) is 5.28. The Morgan fingerprint density at radius 2 is 1.93 bits per heavy atom. The predicted octanol–water partition coefficient (Wildman–Crippen LogP) is 2.44. The van der Waals surface area contributed by atoms with Crippen LogP contribution >= 0.6 is 0 Å². The van der Waals surface area contributed by atoms with Crippen LogP contribution in [0.15, 0.2) is 39.5 Å². The molecule has 1 aromatic carbocycles. The fourth-order valence-electron chi connectivity index (χ4n) is 3.06. The molecular formula is C19H25N5O3. The molecule has 0 spiro atoms. The Kier molecular flexibility index (Phi) is 5.85. The number of hydrogen-bond acceptors (Lipinski definition) is 6. The Labute approximate surface area is 158 Å². The molecule has 1 saturated heterocycles. The van der Waals surface area contributed by atoms with Crippen molar-refractivity contribution < 1.29 is 9.53 Å². The third-order valence-electron chi connectivity index (χ3n) is 4.67. The van der Waals surface area contributed by atoms with Crippen molar-refractivity contribution >= 4 is 22.6 Å². The maximum absolute atomic E-state index is 12.7. The molecule has 2 heterocycles. The minimum atomic E-state index is -0.592. The molecule has 0 amide bonds. The molecule has 0 unspecified atom stereocenters. The molecule has 1 aliphatic heterocycles. The highest BCUT2D eigenvalue weighted by atomic mass is 16.5. The lowest BCUT2D eigenvalue weighted by atomic mass is 10.1. The van der Waals surface area contributed by atoms with Crippen molar-refractivity contribution in [3.8, 4) is 0 Å². The van der Waals surface area contributed by atoms with Gasteiger partial charge in [-0.05, 0) is 39.1 Å². The zero-order valence-electron chi connectivity index (χ0n) is 16.0. The van der Waals surface area contributed by atoms with Crippen LogP contribution in [-0.2, 0) is 11.3 Å². The fourth-order valence-corrected chi connectivity index (χ4v) is 3.06. The average molecular weight is 371 g/mol. The van der Waals surface area contributed by atoms with E-state index < -0.39 is 5.97 Å². The molecule has 8 heteroatoms. The van der Waals surface area contributed by atoms with Crippen molar-refractivity contribution in [1.29, 1.82) is 0 Å². The summed E-state index contributed by atoms with van der Waals surface area (Å²) in [4.78, 5) is 27.0. The third-order valence-corrected chi connectivity index (χ3v) is 4.67. The first kappa shape index (κ1) is 19.0. The number of pyridine rings is 1. The summed E-state index contributed by atoms with van der Waals surface area (Å²) in [5, 5.41) is 11.1. The van der Waals surface area contributed by atoms with Gasteiger partial charge in [-0.1, -0.05) is 5.22 Å². The number of piperazine rings is 1. The van der Waals surface area contributed by atoms with Gasteiger partial charge in [0.2, 0.25) is 5.43 Å². The number of fused-ring (bicyclic) bond motifs is 1. The van der Waals surface area contributed by atoms with Crippen molar-refractivity contribution in [1.82, 2.24) is 14.5 Å². The van der Waals surface area contributed by atoms with E-state index in [-0.39, 0.29) is 17.6 Å². The number of benzene rings is 1. The van der Waals surface area contributed by atoms with E-state index in [1.165, 1.54) is 0 Å². The van der Waals surface area contributed by atoms with Gasteiger partial charge in [-0.25, -0.2) is 4.79 Å². The first-order valence-electron chi connectivity index (χ1n) is 9.23. The van der Waals surface area contributed by atoms with E-state index in [1.807, 2.05) is 22.6 Å². The highest BCUT2D eigenvalue weighted by Crippen LogP contribution is 2.21. The molecule has 1 aliphatic rings. The Bertz CT molecular complexity index is 913. The summed E-state index contributed by atoms with van der Waals surface area (Å²) in [6.07, 6.45) is 1.56. The molecule has 0 radical (unpaired) electrons. The minimum Gasteiger partial charge on any atom is -0.462 e. The Hall–Kier alpha value is -2.74. The van der Waals surface area contributed by atoms with Gasteiger partial charge in [0, 0.05) is 31.2 Å². The van der Waals surface area contributed by atoms with Crippen LogP contribution in [0.4, 0.5) is 5.69 Å². The number of nitrogens with zero attached hydrogens (tertiary/aromatic N) is 5. The molecule has 2 aromatic rings. The SMILES string of the molecule is CCOC(=O)c1cn(CC)c2cc(N=NN3CCN(C)CC3)ccc2c1=O. The molecule has 3 rings (SSSR count). The molecule has 0 bridgehead atoms. The predicted molar refractivity (Wildman–Crippen MR) is 103 cm³/mol. The van der Waals surface area contributed by atoms with Gasteiger partial charge in [0.15, 0.2) is 0 Å². The lowest BCUT2D eigenvalue weighted by Crippen LogP contribution is -2.41. The smallest absolute Gasteiger partial charge is 0.343 e. The molecule has 0 aliphatic carbocycles. The molecule has 27 heavy (non-hydrogen) atoms. The molecule has 144 valence electrons. The molecule has 8 nitrogen and oxygen atoms in total. The van der Waals surface area contributed by atoms with Gasteiger partial charge in [0.05, 0.1) is 30.9 Å². The van der Waals surface area contributed by atoms with Crippen LogP contribution in [-0.4, -0.2) is 60.3 Å². The Morgan fingerprint density at radius 1 is 1.19 bits per heavy atom. The second-order valence-electron chi connectivity index (χ2n) is 6.53. The summed E-state index contributed by atoms with van der Waals surface area (Å²) < 4.78 is 6.86. The van der Waals surface area contributed by atoms with Crippen LogP contribution in [0.1, 0.15) is 24.2 Å². The van der Waals surface area contributed by atoms with Crippen LogP contribution < -0.4 is 5.43 Å². The summed E-state index contributed by atoms with van der Waals surface area (Å²) in [7, 11) is 2.09. The summed E-state index contributed by atoms with van der Waals surface area (Å²) in [6.45, 7) is 8.13. The quantitative estimate of drug-likeness (QED) is 0.596. The number of carbonyl (C=O) groups is 1. The topological polar surface area (TPSA) is 79.5 Å². The number of likely N-dealkylation sites (N-methyl/N-ethyl adjacent to an activating group) is 1. The number of aryl methyl sites for hydroxylation is 1. The average Bonchev–Trinajstić information content (AvgIpc) is 2.68. The number of hydrogen-bond donors (Lipinski definition) is 0. The highest BCUT2D eigenvalue weighted by molar-refractivity contribution is 5.94. The second kappa shape index (κ2) is 8.30. The molecule has 1 fully saturated rings. The normalized spacial score (nSPS) is 15.6. The molecule has 1 aromatic heterocycles. The number of esters is 1. The van der Waals surface area contributed by atoms with Gasteiger partial charge in [-0.3, -0.25) is 9.80 Å². The van der Waals surface area contributed by atoms with Crippen molar-refractivity contribution in [3.05, 3.63) is 40.2 Å². The maximum atomic E-state index is 12.7.